The molecule has 0 spiro atoms. The van der Waals surface area contributed by atoms with Gasteiger partial charge in [0.15, 0.2) is 0 Å². The Hall–Kier alpha value is -1.63. The topological polar surface area (TPSA) is 98.7 Å². The average Bonchev–Trinajstić information content (AvgIpc) is 2.45. The van der Waals surface area contributed by atoms with Crippen molar-refractivity contribution in [3.05, 3.63) is 0 Å². The Morgan fingerprint density at radius 1 is 1.20 bits per heavy atom. The van der Waals surface area contributed by atoms with Crippen molar-refractivity contribution in [2.45, 2.75) is 26.2 Å². The van der Waals surface area contributed by atoms with Gasteiger partial charge in [-0.05, 0) is 19.3 Å². The normalized spacial score (nSPS) is 15.9. The second kappa shape index (κ2) is 8.52. The van der Waals surface area contributed by atoms with E-state index in [2.05, 4.69) is 10.6 Å². The van der Waals surface area contributed by atoms with E-state index in [4.69, 9.17) is 5.11 Å². The molecule has 0 aromatic carbocycles. The summed E-state index contributed by atoms with van der Waals surface area (Å²) < 4.78 is 0. The molecule has 1 fully saturated rings. The van der Waals surface area contributed by atoms with E-state index in [1.807, 2.05) is 6.92 Å². The number of piperidine rings is 1. The van der Waals surface area contributed by atoms with Crippen LogP contribution in [0.5, 0.6) is 0 Å². The zero-order chi connectivity index (χ0) is 15.0. The maximum absolute atomic E-state index is 11.9. The Kier molecular flexibility index (Phi) is 7.00. The van der Waals surface area contributed by atoms with Gasteiger partial charge >= 0.3 is 5.97 Å². The zero-order valence-electron chi connectivity index (χ0n) is 11.9. The van der Waals surface area contributed by atoms with E-state index >= 15 is 0 Å². The molecule has 3 N–H and O–H groups in total. The molecule has 7 heteroatoms. The van der Waals surface area contributed by atoms with Crippen LogP contribution in [0.1, 0.15) is 26.2 Å². The third-order valence-corrected chi connectivity index (χ3v) is 3.33. The van der Waals surface area contributed by atoms with Gasteiger partial charge in [0.1, 0.15) is 0 Å². The highest BCUT2D eigenvalue weighted by atomic mass is 16.4. The number of likely N-dealkylation sites (tertiary alicyclic amines) is 1. The second-order valence-electron chi connectivity index (χ2n) is 4.95. The van der Waals surface area contributed by atoms with Gasteiger partial charge in [0.25, 0.3) is 0 Å². The quantitative estimate of drug-likeness (QED) is 0.581. The number of hydrogen-bond donors (Lipinski definition) is 3. The van der Waals surface area contributed by atoms with Crippen molar-refractivity contribution in [2.24, 2.45) is 5.92 Å². The Bertz CT molecular complexity index is 352. The molecule has 2 amide bonds. The first-order valence-corrected chi connectivity index (χ1v) is 7.02. The molecule has 0 aromatic rings. The van der Waals surface area contributed by atoms with Gasteiger partial charge in [-0.25, -0.2) is 0 Å². The molecule has 0 unspecified atom stereocenters. The fourth-order valence-electron chi connectivity index (χ4n) is 2.10. The Labute approximate surface area is 118 Å². The molecule has 0 saturated carbocycles. The Morgan fingerprint density at radius 2 is 1.85 bits per heavy atom. The first-order chi connectivity index (χ1) is 9.54. The van der Waals surface area contributed by atoms with E-state index in [-0.39, 0.29) is 30.8 Å². The SMILES string of the molecule is CCCNC(=O)CNCC(=O)N1CCC(C(=O)O)CC1. The summed E-state index contributed by atoms with van der Waals surface area (Å²) in [6, 6.07) is 0. The fourth-order valence-corrected chi connectivity index (χ4v) is 2.10. The number of carbonyl (C=O) groups excluding carboxylic acids is 2. The van der Waals surface area contributed by atoms with Gasteiger partial charge in [0.2, 0.25) is 11.8 Å². The van der Waals surface area contributed by atoms with Crippen LogP contribution >= 0.6 is 0 Å². The number of carbonyl (C=O) groups is 3. The van der Waals surface area contributed by atoms with Gasteiger partial charge in [-0.1, -0.05) is 6.92 Å². The monoisotopic (exact) mass is 285 g/mol. The van der Waals surface area contributed by atoms with E-state index in [9.17, 15) is 14.4 Å². The molecule has 20 heavy (non-hydrogen) atoms. The highest BCUT2D eigenvalue weighted by Gasteiger charge is 2.26. The van der Waals surface area contributed by atoms with Crippen LogP contribution in [-0.2, 0) is 14.4 Å². The van der Waals surface area contributed by atoms with Gasteiger partial charge < -0.3 is 15.3 Å². The number of amides is 2. The van der Waals surface area contributed by atoms with E-state index < -0.39 is 5.97 Å². The Morgan fingerprint density at radius 3 is 2.40 bits per heavy atom. The third kappa shape index (κ3) is 5.56. The molecule has 0 aliphatic carbocycles. The molecule has 0 radical (unpaired) electrons. The lowest BCUT2D eigenvalue weighted by atomic mass is 9.97. The number of carboxylic acid groups (broad SMARTS) is 1. The van der Waals surface area contributed by atoms with Crippen LogP contribution in [-0.4, -0.2) is 60.5 Å². The van der Waals surface area contributed by atoms with Crippen LogP contribution in [0.15, 0.2) is 0 Å². The van der Waals surface area contributed by atoms with Crippen LogP contribution in [0.4, 0.5) is 0 Å². The summed E-state index contributed by atoms with van der Waals surface area (Å²) in [5.41, 5.74) is 0. The van der Waals surface area contributed by atoms with Crippen molar-refractivity contribution in [2.75, 3.05) is 32.7 Å². The summed E-state index contributed by atoms with van der Waals surface area (Å²) in [6.45, 7) is 3.78. The standard InChI is InChI=1S/C13H23N3O4/c1-2-5-15-11(17)8-14-9-12(18)16-6-3-10(4-7-16)13(19)20/h10,14H,2-9H2,1H3,(H,15,17)(H,19,20). The molecule has 7 nitrogen and oxygen atoms in total. The highest BCUT2D eigenvalue weighted by Crippen LogP contribution is 2.16. The lowest BCUT2D eigenvalue weighted by molar-refractivity contribution is -0.145. The number of carboxylic acids is 1. The molecule has 0 aromatic heterocycles. The minimum atomic E-state index is -0.789. The Balaban J connectivity index is 2.17. The summed E-state index contributed by atoms with van der Waals surface area (Å²) in [5.74, 6) is -1.34. The van der Waals surface area contributed by atoms with Gasteiger partial charge in [-0.15, -0.1) is 0 Å². The van der Waals surface area contributed by atoms with Gasteiger partial charge in [-0.2, -0.15) is 0 Å². The van der Waals surface area contributed by atoms with Crippen molar-refractivity contribution in [1.82, 2.24) is 15.5 Å². The van der Waals surface area contributed by atoms with Crippen LogP contribution in [0.3, 0.4) is 0 Å². The van der Waals surface area contributed by atoms with Crippen molar-refractivity contribution >= 4 is 17.8 Å². The van der Waals surface area contributed by atoms with E-state index in [0.717, 1.165) is 6.42 Å². The largest absolute Gasteiger partial charge is 0.481 e. The third-order valence-electron chi connectivity index (χ3n) is 3.33. The molecular weight excluding hydrogens is 262 g/mol. The van der Waals surface area contributed by atoms with Crippen molar-refractivity contribution < 1.29 is 19.5 Å². The van der Waals surface area contributed by atoms with Crippen molar-refractivity contribution in [3.8, 4) is 0 Å². The minimum absolute atomic E-state index is 0.0860. The number of aliphatic carboxylic acids is 1. The summed E-state index contributed by atoms with van der Waals surface area (Å²) in [4.78, 5) is 35.6. The van der Waals surface area contributed by atoms with Gasteiger partial charge in [0, 0.05) is 19.6 Å². The first kappa shape index (κ1) is 16.4. The molecule has 1 rings (SSSR count). The summed E-state index contributed by atoms with van der Waals surface area (Å²) in [6.07, 6.45) is 1.87. The molecule has 1 aliphatic heterocycles. The molecule has 0 bridgehead atoms. The fraction of sp³-hybridized carbons (Fsp3) is 0.769. The second-order valence-corrected chi connectivity index (χ2v) is 4.95. The zero-order valence-corrected chi connectivity index (χ0v) is 11.9. The number of rotatable bonds is 7. The lowest BCUT2D eigenvalue weighted by Gasteiger charge is -2.30. The lowest BCUT2D eigenvalue weighted by Crippen LogP contribution is -2.45. The van der Waals surface area contributed by atoms with Crippen LogP contribution in [0, 0.1) is 5.92 Å². The summed E-state index contributed by atoms with van der Waals surface area (Å²) >= 11 is 0. The van der Waals surface area contributed by atoms with Crippen LogP contribution in [0.25, 0.3) is 0 Å². The molecule has 0 atom stereocenters. The van der Waals surface area contributed by atoms with Gasteiger partial charge in [0.05, 0.1) is 19.0 Å². The molecule has 1 heterocycles. The van der Waals surface area contributed by atoms with Crippen LogP contribution in [0.2, 0.25) is 0 Å². The maximum Gasteiger partial charge on any atom is 0.306 e. The number of hydrogen-bond acceptors (Lipinski definition) is 4. The summed E-state index contributed by atoms with van der Waals surface area (Å²) in [7, 11) is 0. The van der Waals surface area contributed by atoms with Crippen molar-refractivity contribution in [1.29, 1.82) is 0 Å². The highest BCUT2D eigenvalue weighted by molar-refractivity contribution is 5.81. The van der Waals surface area contributed by atoms with E-state index in [0.29, 0.717) is 32.5 Å². The van der Waals surface area contributed by atoms with E-state index in [1.165, 1.54) is 0 Å². The number of nitrogens with zero attached hydrogens (tertiary/aromatic N) is 1. The first-order valence-electron chi connectivity index (χ1n) is 7.02. The molecule has 114 valence electrons. The predicted octanol–water partition coefficient (Wildman–Crippen LogP) is -0.575. The smallest absolute Gasteiger partial charge is 0.306 e. The number of nitrogens with one attached hydrogen (secondary N) is 2. The van der Waals surface area contributed by atoms with E-state index in [1.54, 1.807) is 4.90 Å². The molecule has 1 aliphatic rings. The van der Waals surface area contributed by atoms with Gasteiger partial charge in [-0.3, -0.25) is 19.7 Å². The molecular formula is C13H23N3O4. The van der Waals surface area contributed by atoms with Crippen LogP contribution < -0.4 is 10.6 Å². The average molecular weight is 285 g/mol. The minimum Gasteiger partial charge on any atom is -0.481 e. The maximum atomic E-state index is 11.9. The van der Waals surface area contributed by atoms with Crippen molar-refractivity contribution in [3.63, 3.8) is 0 Å². The predicted molar refractivity (Wildman–Crippen MR) is 73.1 cm³/mol. The molecule has 1 saturated heterocycles. The summed E-state index contributed by atoms with van der Waals surface area (Å²) in [5, 5.41) is 14.4.